The number of aldehydes is 1. The Morgan fingerprint density at radius 3 is 2.40 bits per heavy atom. The highest BCUT2D eigenvalue weighted by Gasteiger charge is 1.98. The minimum Gasteiger partial charge on any atom is -0.300 e. The summed E-state index contributed by atoms with van der Waals surface area (Å²) in [5, 5.41) is 0. The summed E-state index contributed by atoms with van der Waals surface area (Å²) in [6.45, 7) is 1.33. The molecule has 54 valence electrons. The Bertz CT molecular complexity index is 179. The minimum absolute atomic E-state index is 0.121. The Morgan fingerprint density at radius 1 is 1.40 bits per heavy atom. The van der Waals surface area contributed by atoms with Crippen molar-refractivity contribution in [2.45, 2.75) is 13.3 Å². The average Bonchev–Trinajstić information content (AvgIpc) is 1.82. The van der Waals surface area contributed by atoms with Crippen molar-refractivity contribution in [2.75, 3.05) is 0 Å². The van der Waals surface area contributed by atoms with E-state index in [0.29, 0.717) is 6.29 Å². The van der Waals surface area contributed by atoms with Crippen LogP contribution in [-0.4, -0.2) is 17.9 Å². The molecule has 3 heteroatoms. The third kappa shape index (κ3) is 4.90. The molecule has 3 nitrogen and oxygen atoms in total. The van der Waals surface area contributed by atoms with Gasteiger partial charge in [0.2, 0.25) is 0 Å². The van der Waals surface area contributed by atoms with Gasteiger partial charge in [0.05, 0.1) is 6.42 Å². The molecule has 0 bridgehead atoms. The summed E-state index contributed by atoms with van der Waals surface area (Å²) in [7, 11) is 0. The largest absolute Gasteiger partial charge is 0.300 e. The number of rotatable bonds is 4. The number of hydrogen-bond donors (Lipinski definition) is 0. The Labute approximate surface area is 58.7 Å². The van der Waals surface area contributed by atoms with Gasteiger partial charge in [0.1, 0.15) is 12.1 Å². The maximum atomic E-state index is 10.5. The Morgan fingerprint density at radius 2 is 2.00 bits per heavy atom. The van der Waals surface area contributed by atoms with E-state index in [0.717, 1.165) is 12.2 Å². The molecule has 0 aromatic rings. The lowest BCUT2D eigenvalue weighted by molar-refractivity contribution is -0.123. The van der Waals surface area contributed by atoms with Gasteiger partial charge < -0.3 is 0 Å². The normalized spacial score (nSPS) is 9.70. The maximum absolute atomic E-state index is 10.5. The highest BCUT2D eigenvalue weighted by Crippen LogP contribution is 1.85. The first-order valence-corrected chi connectivity index (χ1v) is 2.81. The van der Waals surface area contributed by atoms with E-state index in [1.54, 1.807) is 0 Å². The monoisotopic (exact) mass is 140 g/mol. The van der Waals surface area contributed by atoms with Gasteiger partial charge in [-0.3, -0.25) is 14.4 Å². The summed E-state index contributed by atoms with van der Waals surface area (Å²) in [5.41, 5.74) is 0. The van der Waals surface area contributed by atoms with Crippen LogP contribution in [0, 0.1) is 0 Å². The fourth-order valence-corrected chi connectivity index (χ4v) is 0.451. The number of ketones is 2. The lowest BCUT2D eigenvalue weighted by atomic mass is 10.2. The van der Waals surface area contributed by atoms with Gasteiger partial charge in [-0.2, -0.15) is 0 Å². The summed E-state index contributed by atoms with van der Waals surface area (Å²) in [5.74, 6) is -0.528. The molecule has 0 fully saturated rings. The molecule has 0 N–H and O–H groups in total. The molecule has 0 aliphatic heterocycles. The number of hydrogen-bond acceptors (Lipinski definition) is 3. The smallest absolute Gasteiger partial charge is 0.163 e. The van der Waals surface area contributed by atoms with Crippen LogP contribution < -0.4 is 0 Å². The second-order valence-electron chi connectivity index (χ2n) is 1.84. The first-order valence-electron chi connectivity index (χ1n) is 2.81. The van der Waals surface area contributed by atoms with Gasteiger partial charge in [0.15, 0.2) is 5.78 Å². The van der Waals surface area contributed by atoms with Gasteiger partial charge in [-0.1, -0.05) is 0 Å². The van der Waals surface area contributed by atoms with Crippen LogP contribution in [0.3, 0.4) is 0 Å². The molecule has 0 aliphatic rings. The van der Waals surface area contributed by atoms with E-state index in [1.165, 1.54) is 6.92 Å². The molecule has 0 saturated heterocycles. The molecule has 0 aliphatic carbocycles. The van der Waals surface area contributed by atoms with E-state index < -0.39 is 0 Å². The standard InChI is InChI=1S/C7H8O3/c1-6(9)5-7(10)3-2-4-8/h2-4H,5H2,1H3/b3-2+. The summed E-state index contributed by atoms with van der Waals surface area (Å²) < 4.78 is 0. The maximum Gasteiger partial charge on any atom is 0.163 e. The van der Waals surface area contributed by atoms with E-state index in [9.17, 15) is 14.4 Å². The highest BCUT2D eigenvalue weighted by atomic mass is 16.1. The minimum atomic E-state index is -0.334. The van der Waals surface area contributed by atoms with Crippen LogP contribution in [0.25, 0.3) is 0 Å². The highest BCUT2D eigenvalue weighted by molar-refractivity contribution is 6.04. The third-order valence-corrected chi connectivity index (χ3v) is 0.784. The molecule has 0 saturated carbocycles. The van der Waals surface area contributed by atoms with Crippen molar-refractivity contribution in [3.8, 4) is 0 Å². The third-order valence-electron chi connectivity index (χ3n) is 0.784. The molecular weight excluding hydrogens is 132 g/mol. The number of Topliss-reactive ketones (excluding diaryl/α,β-unsaturated/α-hetero) is 1. The summed E-state index contributed by atoms with van der Waals surface area (Å²) in [4.78, 5) is 30.5. The zero-order chi connectivity index (χ0) is 7.98. The SMILES string of the molecule is CC(=O)CC(=O)/C=C/C=O. The van der Waals surface area contributed by atoms with E-state index in [-0.39, 0.29) is 18.0 Å². The van der Waals surface area contributed by atoms with Crippen LogP contribution in [0.2, 0.25) is 0 Å². The molecule has 0 aromatic heterocycles. The van der Waals surface area contributed by atoms with Crippen molar-refractivity contribution in [1.82, 2.24) is 0 Å². The predicted octanol–water partition coefficient (Wildman–Crippen LogP) is 0.290. The quantitative estimate of drug-likeness (QED) is 0.320. The lowest BCUT2D eigenvalue weighted by Crippen LogP contribution is -1.99. The van der Waals surface area contributed by atoms with Gasteiger partial charge >= 0.3 is 0 Å². The van der Waals surface area contributed by atoms with Crippen LogP contribution in [0.1, 0.15) is 13.3 Å². The predicted molar refractivity (Wildman–Crippen MR) is 35.5 cm³/mol. The van der Waals surface area contributed by atoms with Crippen LogP contribution in [0.15, 0.2) is 12.2 Å². The first kappa shape index (κ1) is 8.75. The summed E-state index contributed by atoms with van der Waals surface area (Å²) >= 11 is 0. The van der Waals surface area contributed by atoms with Gasteiger partial charge in [-0.25, -0.2) is 0 Å². The number of allylic oxidation sites excluding steroid dienone is 2. The lowest BCUT2D eigenvalue weighted by Gasteiger charge is -1.84. The molecular formula is C7H8O3. The average molecular weight is 140 g/mol. The van der Waals surface area contributed by atoms with Crippen molar-refractivity contribution >= 4 is 17.9 Å². The second-order valence-corrected chi connectivity index (χ2v) is 1.84. The van der Waals surface area contributed by atoms with Crippen molar-refractivity contribution in [3.63, 3.8) is 0 Å². The molecule has 0 radical (unpaired) electrons. The topological polar surface area (TPSA) is 51.2 Å². The van der Waals surface area contributed by atoms with Gasteiger partial charge in [0, 0.05) is 0 Å². The van der Waals surface area contributed by atoms with Crippen LogP contribution in [0.4, 0.5) is 0 Å². The summed E-state index contributed by atoms with van der Waals surface area (Å²) in [6.07, 6.45) is 2.54. The fraction of sp³-hybridized carbons (Fsp3) is 0.286. The van der Waals surface area contributed by atoms with Crippen LogP contribution >= 0.6 is 0 Å². The van der Waals surface area contributed by atoms with Gasteiger partial charge in [-0.15, -0.1) is 0 Å². The van der Waals surface area contributed by atoms with Crippen molar-refractivity contribution in [3.05, 3.63) is 12.2 Å². The van der Waals surface area contributed by atoms with E-state index in [4.69, 9.17) is 0 Å². The van der Waals surface area contributed by atoms with Crippen LogP contribution in [-0.2, 0) is 14.4 Å². The Balaban J connectivity index is 3.75. The molecule has 0 amide bonds. The van der Waals surface area contributed by atoms with Crippen molar-refractivity contribution < 1.29 is 14.4 Å². The molecule has 0 aromatic carbocycles. The Hall–Kier alpha value is -1.25. The Kier molecular flexibility index (Phi) is 4.04. The van der Waals surface area contributed by atoms with E-state index in [1.807, 2.05) is 0 Å². The van der Waals surface area contributed by atoms with Crippen molar-refractivity contribution in [2.24, 2.45) is 0 Å². The number of carbonyl (C=O) groups excluding carboxylic acids is 3. The second kappa shape index (κ2) is 4.61. The summed E-state index contributed by atoms with van der Waals surface area (Å²) in [6, 6.07) is 0. The van der Waals surface area contributed by atoms with Gasteiger partial charge in [0.25, 0.3) is 0 Å². The first-order chi connectivity index (χ1) is 4.66. The van der Waals surface area contributed by atoms with Crippen LogP contribution in [0.5, 0.6) is 0 Å². The van der Waals surface area contributed by atoms with Gasteiger partial charge in [-0.05, 0) is 19.1 Å². The van der Waals surface area contributed by atoms with Crippen molar-refractivity contribution in [1.29, 1.82) is 0 Å². The molecule has 0 unspecified atom stereocenters. The number of carbonyl (C=O) groups is 3. The molecule has 0 spiro atoms. The van der Waals surface area contributed by atoms with E-state index >= 15 is 0 Å². The molecule has 0 atom stereocenters. The molecule has 0 rings (SSSR count). The van der Waals surface area contributed by atoms with E-state index in [2.05, 4.69) is 0 Å². The molecule has 10 heavy (non-hydrogen) atoms. The fourth-order valence-electron chi connectivity index (χ4n) is 0.451. The zero-order valence-electron chi connectivity index (χ0n) is 5.66. The molecule has 0 heterocycles. The zero-order valence-corrected chi connectivity index (χ0v) is 5.66.